The summed E-state index contributed by atoms with van der Waals surface area (Å²) in [6.07, 6.45) is 2.02. The van der Waals surface area contributed by atoms with Crippen LogP contribution in [-0.2, 0) is 11.2 Å². The zero-order valence-corrected chi connectivity index (χ0v) is 16.7. The van der Waals surface area contributed by atoms with Crippen LogP contribution in [0, 0.1) is 5.92 Å². The average molecular weight is 408 g/mol. The highest BCUT2D eigenvalue weighted by molar-refractivity contribution is 9.10. The number of carbonyl (C=O) groups excluding carboxylic acids is 1. The standard InChI is InChI=1S/C17H27BrN2O2.ClH/c1-12(2)10-17(3,11-19)20-16(21)8-6-13-5-7-15(22-4)14(18)9-13;/h5,7,9,12H,6,8,10-11,19H2,1-4H3,(H,20,21);1H. The number of hydrogen-bond acceptors (Lipinski definition) is 3. The van der Waals surface area contributed by atoms with Gasteiger partial charge in [0.05, 0.1) is 11.6 Å². The van der Waals surface area contributed by atoms with Gasteiger partial charge in [0.15, 0.2) is 0 Å². The molecule has 1 unspecified atom stereocenters. The maximum absolute atomic E-state index is 12.2. The van der Waals surface area contributed by atoms with Gasteiger partial charge in [0.2, 0.25) is 5.91 Å². The predicted molar refractivity (Wildman–Crippen MR) is 101 cm³/mol. The summed E-state index contributed by atoms with van der Waals surface area (Å²) in [7, 11) is 1.63. The third kappa shape index (κ3) is 7.55. The van der Waals surface area contributed by atoms with E-state index in [4.69, 9.17) is 10.5 Å². The first-order valence-electron chi connectivity index (χ1n) is 7.63. The van der Waals surface area contributed by atoms with Gasteiger partial charge in [0.1, 0.15) is 5.75 Å². The zero-order chi connectivity index (χ0) is 16.8. The molecule has 1 atom stereocenters. The molecule has 0 heterocycles. The normalized spacial score (nSPS) is 13.2. The summed E-state index contributed by atoms with van der Waals surface area (Å²) in [5, 5.41) is 3.08. The van der Waals surface area contributed by atoms with E-state index in [1.54, 1.807) is 7.11 Å². The molecule has 1 amide bonds. The third-order valence-electron chi connectivity index (χ3n) is 3.61. The van der Waals surface area contributed by atoms with Gasteiger partial charge in [-0.3, -0.25) is 4.79 Å². The van der Waals surface area contributed by atoms with Crippen LogP contribution in [0.15, 0.2) is 22.7 Å². The molecule has 6 heteroatoms. The number of nitrogens with one attached hydrogen (secondary N) is 1. The van der Waals surface area contributed by atoms with Crippen LogP contribution in [0.3, 0.4) is 0 Å². The van der Waals surface area contributed by atoms with Crippen molar-refractivity contribution in [1.82, 2.24) is 5.32 Å². The Bertz CT molecular complexity index is 511. The molecule has 0 aliphatic rings. The Morgan fingerprint density at radius 3 is 2.57 bits per heavy atom. The number of methoxy groups -OCH3 is 1. The van der Waals surface area contributed by atoms with E-state index in [9.17, 15) is 4.79 Å². The molecular weight excluding hydrogens is 380 g/mol. The number of ether oxygens (including phenoxy) is 1. The smallest absolute Gasteiger partial charge is 0.220 e. The molecule has 132 valence electrons. The van der Waals surface area contributed by atoms with E-state index in [0.717, 1.165) is 22.2 Å². The Balaban J connectivity index is 0.00000484. The number of halogens is 2. The van der Waals surface area contributed by atoms with Crippen LogP contribution in [0.25, 0.3) is 0 Å². The van der Waals surface area contributed by atoms with E-state index < -0.39 is 0 Å². The van der Waals surface area contributed by atoms with Crippen LogP contribution in [0.5, 0.6) is 5.75 Å². The lowest BCUT2D eigenvalue weighted by atomic mass is 9.90. The first kappa shape index (κ1) is 22.2. The van der Waals surface area contributed by atoms with Crippen molar-refractivity contribution in [1.29, 1.82) is 0 Å². The SMILES string of the molecule is COc1ccc(CCC(=O)NC(C)(CN)CC(C)C)cc1Br.Cl. The molecular formula is C17H28BrClN2O2. The van der Waals surface area contributed by atoms with Gasteiger partial charge in [-0.05, 0) is 59.3 Å². The van der Waals surface area contributed by atoms with Crippen molar-refractivity contribution in [2.45, 2.75) is 45.6 Å². The van der Waals surface area contributed by atoms with Crippen LogP contribution >= 0.6 is 28.3 Å². The summed E-state index contributed by atoms with van der Waals surface area (Å²) >= 11 is 3.46. The van der Waals surface area contributed by atoms with Crippen LogP contribution in [0.2, 0.25) is 0 Å². The summed E-state index contributed by atoms with van der Waals surface area (Å²) in [5.74, 6) is 1.33. The van der Waals surface area contributed by atoms with Crippen molar-refractivity contribution in [3.8, 4) is 5.75 Å². The Labute approximate surface area is 154 Å². The second-order valence-electron chi connectivity index (χ2n) is 6.38. The minimum atomic E-state index is -0.328. The summed E-state index contributed by atoms with van der Waals surface area (Å²) in [6.45, 7) is 6.73. The highest BCUT2D eigenvalue weighted by Gasteiger charge is 2.25. The van der Waals surface area contributed by atoms with Crippen LogP contribution < -0.4 is 15.8 Å². The van der Waals surface area contributed by atoms with Crippen molar-refractivity contribution in [2.24, 2.45) is 11.7 Å². The van der Waals surface area contributed by atoms with E-state index >= 15 is 0 Å². The van der Waals surface area contributed by atoms with Gasteiger partial charge in [-0.1, -0.05) is 19.9 Å². The molecule has 0 aliphatic carbocycles. The summed E-state index contributed by atoms with van der Waals surface area (Å²) in [4.78, 5) is 12.2. The molecule has 0 aromatic heterocycles. The van der Waals surface area contributed by atoms with Gasteiger partial charge in [0, 0.05) is 18.5 Å². The number of benzene rings is 1. The van der Waals surface area contributed by atoms with Gasteiger partial charge in [-0.2, -0.15) is 0 Å². The number of nitrogens with two attached hydrogens (primary N) is 1. The quantitative estimate of drug-likeness (QED) is 0.690. The molecule has 1 rings (SSSR count). The van der Waals surface area contributed by atoms with E-state index in [-0.39, 0.29) is 23.9 Å². The molecule has 3 N–H and O–H groups in total. The van der Waals surface area contributed by atoms with Crippen molar-refractivity contribution in [2.75, 3.05) is 13.7 Å². The van der Waals surface area contributed by atoms with Crippen molar-refractivity contribution in [3.05, 3.63) is 28.2 Å². The summed E-state index contributed by atoms with van der Waals surface area (Å²) < 4.78 is 6.11. The lowest BCUT2D eigenvalue weighted by Crippen LogP contribution is -2.52. The van der Waals surface area contributed by atoms with Gasteiger partial charge in [-0.25, -0.2) is 0 Å². The molecule has 0 radical (unpaired) electrons. The highest BCUT2D eigenvalue weighted by atomic mass is 79.9. The molecule has 0 fully saturated rings. The van der Waals surface area contributed by atoms with E-state index in [0.29, 0.717) is 25.3 Å². The molecule has 0 saturated carbocycles. The topological polar surface area (TPSA) is 64.3 Å². The van der Waals surface area contributed by atoms with Gasteiger partial charge < -0.3 is 15.8 Å². The summed E-state index contributed by atoms with van der Waals surface area (Å²) in [5.41, 5.74) is 6.60. The lowest BCUT2D eigenvalue weighted by Gasteiger charge is -2.31. The van der Waals surface area contributed by atoms with E-state index in [1.165, 1.54) is 0 Å². The molecule has 0 aliphatic heterocycles. The molecule has 1 aromatic rings. The van der Waals surface area contributed by atoms with Gasteiger partial charge in [0.25, 0.3) is 0 Å². The Hall–Kier alpha value is -0.780. The van der Waals surface area contributed by atoms with E-state index in [1.807, 2.05) is 25.1 Å². The molecule has 0 saturated heterocycles. The molecule has 4 nitrogen and oxygen atoms in total. The fourth-order valence-electron chi connectivity index (χ4n) is 2.61. The van der Waals surface area contributed by atoms with Gasteiger partial charge >= 0.3 is 0 Å². The fraction of sp³-hybridized carbons (Fsp3) is 0.588. The lowest BCUT2D eigenvalue weighted by molar-refractivity contribution is -0.122. The molecule has 0 bridgehead atoms. The summed E-state index contributed by atoms with van der Waals surface area (Å²) in [6, 6.07) is 5.87. The maximum Gasteiger partial charge on any atom is 0.220 e. The fourth-order valence-corrected chi connectivity index (χ4v) is 3.20. The number of hydrogen-bond donors (Lipinski definition) is 2. The maximum atomic E-state index is 12.2. The van der Waals surface area contributed by atoms with Gasteiger partial charge in [-0.15, -0.1) is 12.4 Å². The van der Waals surface area contributed by atoms with Crippen molar-refractivity contribution < 1.29 is 9.53 Å². The molecule has 23 heavy (non-hydrogen) atoms. The van der Waals surface area contributed by atoms with E-state index in [2.05, 4.69) is 35.1 Å². The monoisotopic (exact) mass is 406 g/mol. The molecule has 0 spiro atoms. The minimum absolute atomic E-state index is 0. The first-order chi connectivity index (χ1) is 10.3. The molecule has 1 aromatic carbocycles. The van der Waals surface area contributed by atoms with Crippen molar-refractivity contribution >= 4 is 34.2 Å². The minimum Gasteiger partial charge on any atom is -0.496 e. The van der Waals surface area contributed by atoms with Crippen molar-refractivity contribution in [3.63, 3.8) is 0 Å². The second kappa shape index (κ2) is 10.2. The Morgan fingerprint density at radius 2 is 2.09 bits per heavy atom. The number of carbonyl (C=O) groups is 1. The van der Waals surface area contributed by atoms with Crippen LogP contribution in [0.1, 0.15) is 39.2 Å². The number of amides is 1. The number of aryl methyl sites for hydroxylation is 1. The van der Waals surface area contributed by atoms with Crippen LogP contribution in [0.4, 0.5) is 0 Å². The number of rotatable bonds is 8. The largest absolute Gasteiger partial charge is 0.496 e. The van der Waals surface area contributed by atoms with Crippen LogP contribution in [-0.4, -0.2) is 25.1 Å². The average Bonchev–Trinajstić information content (AvgIpc) is 2.44. The highest BCUT2D eigenvalue weighted by Crippen LogP contribution is 2.26. The predicted octanol–water partition coefficient (Wildman–Crippen LogP) is 3.69. The second-order valence-corrected chi connectivity index (χ2v) is 7.23. The Kier molecular flexibility index (Phi) is 9.82. The zero-order valence-electron chi connectivity index (χ0n) is 14.3. The Morgan fingerprint density at radius 1 is 1.43 bits per heavy atom. The first-order valence-corrected chi connectivity index (χ1v) is 8.42. The third-order valence-corrected chi connectivity index (χ3v) is 4.23.